The molecule has 0 unspecified atom stereocenters. The number of hydrogen-bond donors (Lipinski definition) is 1. The van der Waals surface area contributed by atoms with Crippen molar-refractivity contribution in [3.63, 3.8) is 0 Å². The number of halogens is 1. The second kappa shape index (κ2) is 10.4. The molecule has 0 atom stereocenters. The molecule has 0 spiro atoms. The molecule has 1 saturated heterocycles. The summed E-state index contributed by atoms with van der Waals surface area (Å²) in [6.07, 6.45) is 1.70. The van der Waals surface area contributed by atoms with E-state index < -0.39 is 0 Å². The molecule has 0 bridgehead atoms. The third kappa shape index (κ3) is 5.61. The van der Waals surface area contributed by atoms with Crippen LogP contribution in [0.2, 0.25) is 5.02 Å². The summed E-state index contributed by atoms with van der Waals surface area (Å²) in [7, 11) is 4.56. The van der Waals surface area contributed by atoms with Crippen molar-refractivity contribution in [3.05, 3.63) is 52.5 Å². The Labute approximate surface area is 187 Å². The molecule has 2 aromatic carbocycles. The quantitative estimate of drug-likeness (QED) is 0.706. The standard InChI is InChI=1S/C23H27ClN2O5/c1-29-19-13-16(14-20(30-2)22(19)31-3)23(28)26-10-8-18(9-11-26)25-21(27)12-15-4-6-17(24)7-5-15/h4-7,13-14,18H,8-12H2,1-3H3,(H,25,27). The van der Waals surface area contributed by atoms with Crippen LogP contribution in [0.5, 0.6) is 17.2 Å². The summed E-state index contributed by atoms with van der Waals surface area (Å²) in [5.41, 5.74) is 1.39. The molecule has 31 heavy (non-hydrogen) atoms. The van der Waals surface area contributed by atoms with Gasteiger partial charge in [0.25, 0.3) is 5.91 Å². The second-order valence-electron chi connectivity index (χ2n) is 7.35. The van der Waals surface area contributed by atoms with E-state index in [2.05, 4.69) is 5.32 Å². The van der Waals surface area contributed by atoms with E-state index in [1.54, 1.807) is 29.2 Å². The number of amides is 2. The number of nitrogens with one attached hydrogen (secondary N) is 1. The van der Waals surface area contributed by atoms with E-state index in [1.807, 2.05) is 12.1 Å². The first-order chi connectivity index (χ1) is 14.9. The number of hydrogen-bond acceptors (Lipinski definition) is 5. The number of rotatable bonds is 7. The first kappa shape index (κ1) is 22.7. The molecule has 1 fully saturated rings. The summed E-state index contributed by atoms with van der Waals surface area (Å²) in [6, 6.07) is 10.6. The highest BCUT2D eigenvalue weighted by atomic mass is 35.5. The molecule has 0 aliphatic carbocycles. The van der Waals surface area contributed by atoms with Crippen LogP contribution in [-0.2, 0) is 11.2 Å². The Morgan fingerprint density at radius 3 is 2.10 bits per heavy atom. The minimum Gasteiger partial charge on any atom is -0.493 e. The van der Waals surface area contributed by atoms with Gasteiger partial charge in [-0.2, -0.15) is 0 Å². The highest BCUT2D eigenvalue weighted by molar-refractivity contribution is 6.30. The van der Waals surface area contributed by atoms with E-state index in [4.69, 9.17) is 25.8 Å². The maximum atomic E-state index is 13.0. The van der Waals surface area contributed by atoms with Crippen LogP contribution in [0, 0.1) is 0 Å². The van der Waals surface area contributed by atoms with Crippen molar-refractivity contribution in [3.8, 4) is 17.2 Å². The van der Waals surface area contributed by atoms with Crippen LogP contribution in [0.15, 0.2) is 36.4 Å². The highest BCUT2D eigenvalue weighted by Gasteiger charge is 2.26. The van der Waals surface area contributed by atoms with Crippen molar-refractivity contribution in [2.45, 2.75) is 25.3 Å². The van der Waals surface area contributed by atoms with E-state index in [1.165, 1.54) is 21.3 Å². The van der Waals surface area contributed by atoms with Gasteiger partial charge in [0.15, 0.2) is 11.5 Å². The van der Waals surface area contributed by atoms with Gasteiger partial charge < -0.3 is 24.4 Å². The molecule has 3 rings (SSSR count). The number of nitrogens with zero attached hydrogens (tertiary/aromatic N) is 1. The van der Waals surface area contributed by atoms with Gasteiger partial charge >= 0.3 is 0 Å². The summed E-state index contributed by atoms with van der Waals surface area (Å²) in [4.78, 5) is 27.1. The lowest BCUT2D eigenvalue weighted by Crippen LogP contribution is -2.46. The SMILES string of the molecule is COc1cc(C(=O)N2CCC(NC(=O)Cc3ccc(Cl)cc3)CC2)cc(OC)c1OC. The zero-order valence-electron chi connectivity index (χ0n) is 17.9. The third-order valence-electron chi connectivity index (χ3n) is 5.34. The van der Waals surface area contributed by atoms with E-state index >= 15 is 0 Å². The average molecular weight is 447 g/mol. The van der Waals surface area contributed by atoms with Gasteiger partial charge in [0.1, 0.15) is 0 Å². The van der Waals surface area contributed by atoms with Crippen LogP contribution < -0.4 is 19.5 Å². The van der Waals surface area contributed by atoms with Crippen molar-refractivity contribution in [2.75, 3.05) is 34.4 Å². The zero-order chi connectivity index (χ0) is 22.4. The Morgan fingerprint density at radius 1 is 1.00 bits per heavy atom. The second-order valence-corrected chi connectivity index (χ2v) is 7.79. The van der Waals surface area contributed by atoms with E-state index in [9.17, 15) is 9.59 Å². The van der Waals surface area contributed by atoms with Crippen molar-refractivity contribution in [1.82, 2.24) is 10.2 Å². The van der Waals surface area contributed by atoms with E-state index in [0.717, 1.165) is 5.56 Å². The van der Waals surface area contributed by atoms with Crippen LogP contribution in [0.25, 0.3) is 0 Å². The van der Waals surface area contributed by atoms with Gasteiger partial charge in [0, 0.05) is 29.7 Å². The van der Waals surface area contributed by atoms with Gasteiger partial charge in [0.05, 0.1) is 27.8 Å². The summed E-state index contributed by atoms with van der Waals surface area (Å²) in [5, 5.41) is 3.71. The Kier molecular flexibility index (Phi) is 7.63. The van der Waals surface area contributed by atoms with Crippen LogP contribution in [-0.4, -0.2) is 57.2 Å². The third-order valence-corrected chi connectivity index (χ3v) is 5.59. The maximum absolute atomic E-state index is 13.0. The molecule has 0 aromatic heterocycles. The van der Waals surface area contributed by atoms with Gasteiger partial charge in [-0.1, -0.05) is 23.7 Å². The summed E-state index contributed by atoms with van der Waals surface area (Å²) in [5.74, 6) is 1.19. The van der Waals surface area contributed by atoms with Crippen molar-refractivity contribution >= 4 is 23.4 Å². The Bertz CT molecular complexity index is 899. The first-order valence-corrected chi connectivity index (χ1v) is 10.5. The largest absolute Gasteiger partial charge is 0.493 e. The monoisotopic (exact) mass is 446 g/mol. The van der Waals surface area contributed by atoms with Gasteiger partial charge in [-0.3, -0.25) is 9.59 Å². The molecular weight excluding hydrogens is 420 g/mol. The van der Waals surface area contributed by atoms with Crippen LogP contribution in [0.3, 0.4) is 0 Å². The number of carbonyl (C=O) groups excluding carboxylic acids is 2. The minimum absolute atomic E-state index is 0.0308. The number of carbonyl (C=O) groups is 2. The topological polar surface area (TPSA) is 77.1 Å². The number of likely N-dealkylation sites (tertiary alicyclic amines) is 1. The smallest absolute Gasteiger partial charge is 0.254 e. The first-order valence-electron chi connectivity index (χ1n) is 10.1. The Hall–Kier alpha value is -2.93. The molecule has 1 N–H and O–H groups in total. The van der Waals surface area contributed by atoms with Crippen molar-refractivity contribution in [1.29, 1.82) is 0 Å². The number of ether oxygens (including phenoxy) is 3. The van der Waals surface area contributed by atoms with E-state index in [-0.39, 0.29) is 17.9 Å². The normalized spacial score (nSPS) is 14.1. The number of benzene rings is 2. The predicted molar refractivity (Wildman–Crippen MR) is 118 cm³/mol. The fourth-order valence-corrected chi connectivity index (χ4v) is 3.81. The molecule has 2 amide bonds. The molecule has 2 aromatic rings. The van der Waals surface area contributed by atoms with E-state index in [0.29, 0.717) is 60.2 Å². The summed E-state index contributed by atoms with van der Waals surface area (Å²) < 4.78 is 16.0. The molecular formula is C23H27ClN2O5. The predicted octanol–water partition coefficient (Wildman–Crippen LogP) is 3.33. The molecule has 1 heterocycles. The number of methoxy groups -OCH3 is 3. The minimum atomic E-state index is -0.106. The Balaban J connectivity index is 1.57. The van der Waals surface area contributed by atoms with Crippen molar-refractivity contribution in [2.24, 2.45) is 0 Å². The van der Waals surface area contributed by atoms with Gasteiger partial charge in [-0.05, 0) is 42.7 Å². The molecule has 1 aliphatic heterocycles. The van der Waals surface area contributed by atoms with Gasteiger partial charge in [-0.15, -0.1) is 0 Å². The molecule has 1 aliphatic rings. The van der Waals surface area contributed by atoms with Crippen LogP contribution >= 0.6 is 11.6 Å². The maximum Gasteiger partial charge on any atom is 0.254 e. The highest BCUT2D eigenvalue weighted by Crippen LogP contribution is 2.38. The van der Waals surface area contributed by atoms with Gasteiger partial charge in [-0.25, -0.2) is 0 Å². The lowest BCUT2D eigenvalue weighted by atomic mass is 10.0. The summed E-state index contributed by atoms with van der Waals surface area (Å²) in [6.45, 7) is 1.11. The van der Waals surface area contributed by atoms with Crippen molar-refractivity contribution < 1.29 is 23.8 Å². The lowest BCUT2D eigenvalue weighted by molar-refractivity contribution is -0.121. The molecule has 8 heteroatoms. The molecule has 7 nitrogen and oxygen atoms in total. The van der Waals surface area contributed by atoms with Crippen LogP contribution in [0.1, 0.15) is 28.8 Å². The number of piperidine rings is 1. The molecule has 166 valence electrons. The Morgan fingerprint density at radius 2 is 1.58 bits per heavy atom. The van der Waals surface area contributed by atoms with Crippen LogP contribution in [0.4, 0.5) is 0 Å². The summed E-state index contributed by atoms with van der Waals surface area (Å²) >= 11 is 5.88. The zero-order valence-corrected chi connectivity index (χ0v) is 18.7. The lowest BCUT2D eigenvalue weighted by Gasteiger charge is -2.32. The fraction of sp³-hybridized carbons (Fsp3) is 0.391. The molecule has 0 saturated carbocycles. The fourth-order valence-electron chi connectivity index (χ4n) is 3.68. The average Bonchev–Trinajstić information content (AvgIpc) is 2.79. The molecule has 0 radical (unpaired) electrons. The van der Waals surface area contributed by atoms with Gasteiger partial charge in [0.2, 0.25) is 11.7 Å².